The van der Waals surface area contributed by atoms with Crippen molar-refractivity contribution in [3.05, 3.63) is 52.7 Å². The van der Waals surface area contributed by atoms with Crippen LogP contribution in [0.4, 0.5) is 4.39 Å². The van der Waals surface area contributed by atoms with E-state index < -0.39 is 5.69 Å². The number of rotatable bonds is 5. The zero-order chi connectivity index (χ0) is 18.0. The topological polar surface area (TPSA) is 81.3 Å². The summed E-state index contributed by atoms with van der Waals surface area (Å²) in [4.78, 5) is 24.8. The Bertz CT molecular complexity index is 982. The van der Waals surface area contributed by atoms with E-state index in [-0.39, 0.29) is 24.3 Å². The quantitative estimate of drug-likeness (QED) is 0.748. The van der Waals surface area contributed by atoms with Gasteiger partial charge in [0.2, 0.25) is 5.91 Å². The standard InChI is InChI=1S/C16H16FN5O2S/c1-10(2)18-14(23)9-21-16(24)22-13(19-21)6-7-15(20-22)25-12-5-3-4-11(17)8-12/h3-8,10H,9H2,1-2H3,(H,18,23). The van der Waals surface area contributed by atoms with Crippen LogP contribution in [0.5, 0.6) is 0 Å². The number of hydrogen-bond acceptors (Lipinski definition) is 5. The van der Waals surface area contributed by atoms with E-state index >= 15 is 0 Å². The lowest BCUT2D eigenvalue weighted by Gasteiger charge is -2.06. The Morgan fingerprint density at radius 2 is 2.08 bits per heavy atom. The first-order valence-corrected chi connectivity index (χ1v) is 8.44. The van der Waals surface area contributed by atoms with E-state index in [9.17, 15) is 14.0 Å². The predicted octanol–water partition coefficient (Wildman–Crippen LogP) is 1.71. The highest BCUT2D eigenvalue weighted by Crippen LogP contribution is 2.25. The number of nitrogens with zero attached hydrogens (tertiary/aromatic N) is 4. The van der Waals surface area contributed by atoms with E-state index in [2.05, 4.69) is 15.5 Å². The lowest BCUT2D eigenvalue weighted by Crippen LogP contribution is -2.36. The van der Waals surface area contributed by atoms with Crippen molar-refractivity contribution in [3.63, 3.8) is 0 Å². The van der Waals surface area contributed by atoms with Gasteiger partial charge in [0.25, 0.3) is 0 Å². The molecule has 25 heavy (non-hydrogen) atoms. The van der Waals surface area contributed by atoms with E-state index in [1.807, 2.05) is 13.8 Å². The van der Waals surface area contributed by atoms with Crippen molar-refractivity contribution in [2.45, 2.75) is 36.4 Å². The molecule has 0 aliphatic carbocycles. The minimum absolute atomic E-state index is 0.0207. The largest absolute Gasteiger partial charge is 0.367 e. The van der Waals surface area contributed by atoms with Crippen LogP contribution < -0.4 is 11.0 Å². The molecular weight excluding hydrogens is 345 g/mol. The molecule has 9 heteroatoms. The summed E-state index contributed by atoms with van der Waals surface area (Å²) in [6.07, 6.45) is 0. The molecule has 0 atom stereocenters. The Morgan fingerprint density at radius 1 is 1.28 bits per heavy atom. The first-order valence-electron chi connectivity index (χ1n) is 7.62. The highest BCUT2D eigenvalue weighted by atomic mass is 32.2. The number of hydrogen-bond donors (Lipinski definition) is 1. The molecule has 0 unspecified atom stereocenters. The Morgan fingerprint density at radius 3 is 2.80 bits per heavy atom. The fourth-order valence-corrected chi connectivity index (χ4v) is 3.02. The van der Waals surface area contributed by atoms with E-state index in [0.29, 0.717) is 15.6 Å². The van der Waals surface area contributed by atoms with Crippen molar-refractivity contribution in [2.24, 2.45) is 0 Å². The molecule has 0 radical (unpaired) electrons. The van der Waals surface area contributed by atoms with E-state index in [4.69, 9.17) is 0 Å². The molecule has 0 spiro atoms. The number of aromatic nitrogens is 4. The molecule has 3 aromatic rings. The van der Waals surface area contributed by atoms with Gasteiger partial charge >= 0.3 is 5.69 Å². The third-order valence-corrected chi connectivity index (χ3v) is 4.09. The van der Waals surface area contributed by atoms with Crippen LogP contribution in [0.15, 0.2) is 51.1 Å². The van der Waals surface area contributed by atoms with Crippen molar-refractivity contribution >= 4 is 23.3 Å². The maximum absolute atomic E-state index is 13.3. The third-order valence-electron chi connectivity index (χ3n) is 3.18. The monoisotopic (exact) mass is 361 g/mol. The van der Waals surface area contributed by atoms with Crippen LogP contribution in [-0.2, 0) is 11.3 Å². The van der Waals surface area contributed by atoms with Gasteiger partial charge in [0.05, 0.1) is 0 Å². The summed E-state index contributed by atoms with van der Waals surface area (Å²) in [6, 6.07) is 9.40. The van der Waals surface area contributed by atoms with Gasteiger partial charge in [-0.3, -0.25) is 4.79 Å². The molecule has 0 fully saturated rings. The minimum atomic E-state index is -0.504. The van der Waals surface area contributed by atoms with Crippen molar-refractivity contribution in [1.29, 1.82) is 0 Å². The van der Waals surface area contributed by atoms with Gasteiger partial charge in [-0.1, -0.05) is 17.8 Å². The van der Waals surface area contributed by atoms with Gasteiger partial charge in [-0.15, -0.1) is 5.10 Å². The SMILES string of the molecule is CC(C)NC(=O)Cn1nc2ccc(Sc3cccc(F)c3)nn2c1=O. The number of benzene rings is 1. The van der Waals surface area contributed by atoms with Crippen molar-refractivity contribution in [3.8, 4) is 0 Å². The normalized spacial score (nSPS) is 11.2. The van der Waals surface area contributed by atoms with Crippen LogP contribution in [0, 0.1) is 5.82 Å². The van der Waals surface area contributed by atoms with Crippen LogP contribution in [0.3, 0.4) is 0 Å². The van der Waals surface area contributed by atoms with Gasteiger partial charge in [-0.25, -0.2) is 13.9 Å². The zero-order valence-electron chi connectivity index (χ0n) is 13.6. The highest BCUT2D eigenvalue weighted by molar-refractivity contribution is 7.99. The first kappa shape index (κ1) is 17.2. The summed E-state index contributed by atoms with van der Waals surface area (Å²) in [7, 11) is 0. The number of amides is 1. The molecule has 0 aliphatic rings. The fraction of sp³-hybridized carbons (Fsp3) is 0.250. The van der Waals surface area contributed by atoms with Crippen LogP contribution >= 0.6 is 11.8 Å². The maximum Gasteiger partial charge on any atom is 0.367 e. The summed E-state index contributed by atoms with van der Waals surface area (Å²) in [5, 5.41) is 11.5. The molecule has 0 aliphatic heterocycles. The van der Waals surface area contributed by atoms with Gasteiger partial charge in [0.1, 0.15) is 17.4 Å². The van der Waals surface area contributed by atoms with E-state index in [1.54, 1.807) is 24.3 Å². The van der Waals surface area contributed by atoms with Crippen LogP contribution in [0.1, 0.15) is 13.8 Å². The minimum Gasteiger partial charge on any atom is -0.352 e. The second-order valence-electron chi connectivity index (χ2n) is 5.66. The lowest BCUT2D eigenvalue weighted by molar-refractivity contribution is -0.122. The third kappa shape index (κ3) is 4.05. The van der Waals surface area contributed by atoms with Gasteiger partial charge in [-0.05, 0) is 44.2 Å². The number of carbonyl (C=O) groups is 1. The number of halogens is 1. The molecule has 0 bridgehead atoms. The van der Waals surface area contributed by atoms with Crippen LogP contribution in [0.2, 0.25) is 0 Å². The molecule has 1 aromatic carbocycles. The predicted molar refractivity (Wildman–Crippen MR) is 91.0 cm³/mol. The molecule has 0 saturated heterocycles. The Labute approximate surface area is 146 Å². The van der Waals surface area contributed by atoms with Crippen molar-refractivity contribution in [1.82, 2.24) is 24.7 Å². The molecule has 130 valence electrons. The average molecular weight is 361 g/mol. The first-order chi connectivity index (χ1) is 11.9. The Balaban J connectivity index is 1.86. The zero-order valence-corrected chi connectivity index (χ0v) is 14.5. The highest BCUT2D eigenvalue weighted by Gasteiger charge is 2.13. The second kappa shape index (κ2) is 7.06. The second-order valence-corrected chi connectivity index (χ2v) is 6.76. The van der Waals surface area contributed by atoms with Crippen molar-refractivity contribution in [2.75, 3.05) is 0 Å². The van der Waals surface area contributed by atoms with Gasteiger partial charge in [0, 0.05) is 10.9 Å². The smallest absolute Gasteiger partial charge is 0.352 e. The molecular formula is C16H16FN5O2S. The average Bonchev–Trinajstić information content (AvgIpc) is 2.83. The summed E-state index contributed by atoms with van der Waals surface area (Å²) in [5.41, 5.74) is -0.165. The molecule has 7 nitrogen and oxygen atoms in total. The summed E-state index contributed by atoms with van der Waals surface area (Å²) < 4.78 is 15.5. The maximum atomic E-state index is 13.3. The Hall–Kier alpha value is -2.68. The molecule has 1 amide bonds. The van der Waals surface area contributed by atoms with E-state index in [0.717, 1.165) is 9.20 Å². The molecule has 1 N–H and O–H groups in total. The number of fused-ring (bicyclic) bond motifs is 1. The lowest BCUT2D eigenvalue weighted by atomic mass is 10.4. The van der Waals surface area contributed by atoms with Crippen LogP contribution in [0.25, 0.3) is 5.65 Å². The van der Waals surface area contributed by atoms with Gasteiger partial charge in [0.15, 0.2) is 5.65 Å². The molecule has 3 rings (SSSR count). The summed E-state index contributed by atoms with van der Waals surface area (Å²) in [5.74, 6) is -0.637. The van der Waals surface area contributed by atoms with E-state index in [1.165, 1.54) is 23.9 Å². The van der Waals surface area contributed by atoms with Gasteiger partial charge < -0.3 is 5.32 Å². The number of carbonyl (C=O) groups excluding carboxylic acids is 1. The van der Waals surface area contributed by atoms with Crippen LogP contribution in [-0.4, -0.2) is 31.3 Å². The van der Waals surface area contributed by atoms with Gasteiger partial charge in [-0.2, -0.15) is 9.61 Å². The molecule has 2 aromatic heterocycles. The summed E-state index contributed by atoms with van der Waals surface area (Å²) in [6.45, 7) is 3.50. The number of nitrogens with one attached hydrogen (secondary N) is 1. The molecule has 0 saturated carbocycles. The fourth-order valence-electron chi connectivity index (χ4n) is 2.20. The Kier molecular flexibility index (Phi) is 4.84. The summed E-state index contributed by atoms with van der Waals surface area (Å²) >= 11 is 1.23. The molecule has 2 heterocycles. The van der Waals surface area contributed by atoms with Crippen molar-refractivity contribution < 1.29 is 9.18 Å².